The molecule has 2 aromatic rings. The minimum atomic E-state index is 0.350. The van der Waals surface area contributed by atoms with E-state index in [0.29, 0.717) is 18.4 Å². The van der Waals surface area contributed by atoms with Crippen molar-refractivity contribution >= 4 is 16.7 Å². The summed E-state index contributed by atoms with van der Waals surface area (Å²) >= 11 is 0. The number of rotatable bonds is 6. The molecule has 1 saturated heterocycles. The van der Waals surface area contributed by atoms with Crippen LogP contribution in [-0.4, -0.2) is 41.4 Å². The number of hydrogen-bond acceptors (Lipinski definition) is 2. The first kappa shape index (κ1) is 16.6. The Kier molecular flexibility index (Phi) is 5.02. The molecular weight excluding hydrogens is 308 g/mol. The Bertz CT molecular complexity index is 726. The third kappa shape index (κ3) is 4.04. The molecule has 0 unspecified atom stereocenters. The van der Waals surface area contributed by atoms with Gasteiger partial charge in [0.05, 0.1) is 0 Å². The monoisotopic (exact) mass is 336 g/mol. The van der Waals surface area contributed by atoms with Gasteiger partial charge in [-0.15, -0.1) is 0 Å². The maximum absolute atomic E-state index is 12.5. The Hall–Kier alpha value is -1.87. The second-order valence-electron chi connectivity index (χ2n) is 7.53. The molecule has 0 N–H and O–H groups in total. The molecule has 4 rings (SSSR count). The van der Waals surface area contributed by atoms with Gasteiger partial charge in [-0.2, -0.15) is 0 Å². The maximum atomic E-state index is 12.5. The molecule has 0 atom stereocenters. The second-order valence-corrected chi connectivity index (χ2v) is 7.53. The van der Waals surface area contributed by atoms with Crippen molar-refractivity contribution in [2.75, 3.05) is 19.6 Å². The molecule has 3 nitrogen and oxygen atoms in total. The molecular formula is C22H28N2O. The van der Waals surface area contributed by atoms with E-state index in [1.165, 1.54) is 48.4 Å². The van der Waals surface area contributed by atoms with Gasteiger partial charge >= 0.3 is 0 Å². The lowest BCUT2D eigenvalue weighted by Gasteiger charge is -2.28. The third-order valence-electron chi connectivity index (χ3n) is 5.64. The van der Waals surface area contributed by atoms with Crippen molar-refractivity contribution in [3.63, 3.8) is 0 Å². The maximum Gasteiger partial charge on any atom is 0.223 e. The summed E-state index contributed by atoms with van der Waals surface area (Å²) in [6, 6.07) is 15.9. The lowest BCUT2D eigenvalue weighted by atomic mass is 10.0. The van der Waals surface area contributed by atoms with Crippen LogP contribution < -0.4 is 0 Å². The minimum absolute atomic E-state index is 0.350. The number of hydrogen-bond donors (Lipinski definition) is 0. The van der Waals surface area contributed by atoms with E-state index in [1.807, 2.05) is 0 Å². The largest absolute Gasteiger partial charge is 0.343 e. The fraction of sp³-hybridized carbons (Fsp3) is 0.500. The Labute approximate surface area is 150 Å². The summed E-state index contributed by atoms with van der Waals surface area (Å²) in [4.78, 5) is 17.1. The standard InChI is InChI=1S/C22H28N2O/c25-22(23-14-4-1-5-15-23)13-16-24(20-11-12-20)17-19-9-6-8-18-7-2-3-10-21(18)19/h2-3,6-10,20H,1,4-5,11-17H2. The van der Waals surface area contributed by atoms with Crippen LogP contribution in [0.3, 0.4) is 0 Å². The highest BCUT2D eigenvalue weighted by Gasteiger charge is 2.30. The van der Waals surface area contributed by atoms with E-state index in [2.05, 4.69) is 52.3 Å². The molecule has 0 radical (unpaired) electrons. The van der Waals surface area contributed by atoms with E-state index in [-0.39, 0.29) is 0 Å². The third-order valence-corrected chi connectivity index (χ3v) is 5.64. The highest BCUT2D eigenvalue weighted by molar-refractivity contribution is 5.85. The van der Waals surface area contributed by atoms with Gasteiger partial charge in [0.2, 0.25) is 5.91 Å². The van der Waals surface area contributed by atoms with Crippen molar-refractivity contribution in [3.8, 4) is 0 Å². The summed E-state index contributed by atoms with van der Waals surface area (Å²) in [5, 5.41) is 2.65. The Morgan fingerprint density at radius 2 is 1.76 bits per heavy atom. The SMILES string of the molecule is O=C(CCN(Cc1cccc2ccccc12)C1CC1)N1CCCCC1. The van der Waals surface area contributed by atoms with E-state index < -0.39 is 0 Å². The number of benzene rings is 2. The molecule has 1 heterocycles. The van der Waals surface area contributed by atoms with Gasteiger partial charge in [-0.1, -0.05) is 42.5 Å². The summed E-state index contributed by atoms with van der Waals surface area (Å²) in [6.07, 6.45) is 6.85. The lowest BCUT2D eigenvalue weighted by Crippen LogP contribution is -2.38. The fourth-order valence-electron chi connectivity index (χ4n) is 4.02. The summed E-state index contributed by atoms with van der Waals surface area (Å²) in [6.45, 7) is 3.78. The average molecular weight is 336 g/mol. The van der Waals surface area contributed by atoms with Gasteiger partial charge in [0.15, 0.2) is 0 Å². The lowest BCUT2D eigenvalue weighted by molar-refractivity contribution is -0.132. The molecule has 1 aliphatic heterocycles. The van der Waals surface area contributed by atoms with Crippen LogP contribution in [0.4, 0.5) is 0 Å². The first-order chi connectivity index (χ1) is 12.3. The number of likely N-dealkylation sites (tertiary alicyclic amines) is 1. The zero-order chi connectivity index (χ0) is 17.1. The van der Waals surface area contributed by atoms with E-state index in [4.69, 9.17) is 0 Å². The van der Waals surface area contributed by atoms with Crippen molar-refractivity contribution in [1.29, 1.82) is 0 Å². The highest BCUT2D eigenvalue weighted by atomic mass is 16.2. The van der Waals surface area contributed by atoms with E-state index in [1.54, 1.807) is 0 Å². The molecule has 2 fully saturated rings. The number of carbonyl (C=O) groups is 1. The topological polar surface area (TPSA) is 23.6 Å². The number of piperidine rings is 1. The van der Waals surface area contributed by atoms with Gasteiger partial charge in [-0.3, -0.25) is 9.69 Å². The molecule has 1 aliphatic carbocycles. The Balaban J connectivity index is 1.42. The molecule has 25 heavy (non-hydrogen) atoms. The first-order valence-corrected chi connectivity index (χ1v) is 9.80. The van der Waals surface area contributed by atoms with E-state index in [0.717, 1.165) is 26.2 Å². The van der Waals surface area contributed by atoms with Crippen LogP contribution in [-0.2, 0) is 11.3 Å². The quantitative estimate of drug-likeness (QED) is 0.789. The molecule has 3 heteroatoms. The summed E-state index contributed by atoms with van der Waals surface area (Å²) in [5.74, 6) is 0.350. The number of carbonyl (C=O) groups excluding carboxylic acids is 1. The predicted octanol–water partition coefficient (Wildman–Crippen LogP) is 4.21. The normalized spacial score (nSPS) is 18.0. The highest BCUT2D eigenvalue weighted by Crippen LogP contribution is 2.30. The van der Waals surface area contributed by atoms with Gasteiger partial charge < -0.3 is 4.90 Å². The van der Waals surface area contributed by atoms with Crippen LogP contribution in [0, 0.1) is 0 Å². The van der Waals surface area contributed by atoms with E-state index in [9.17, 15) is 4.79 Å². The first-order valence-electron chi connectivity index (χ1n) is 9.80. The number of nitrogens with zero attached hydrogens (tertiary/aromatic N) is 2. The minimum Gasteiger partial charge on any atom is -0.343 e. The van der Waals surface area contributed by atoms with Crippen molar-refractivity contribution in [2.24, 2.45) is 0 Å². The van der Waals surface area contributed by atoms with Gasteiger partial charge in [-0.25, -0.2) is 0 Å². The Morgan fingerprint density at radius 1 is 1.00 bits per heavy atom. The zero-order valence-electron chi connectivity index (χ0n) is 15.0. The van der Waals surface area contributed by atoms with Gasteiger partial charge in [-0.05, 0) is 48.4 Å². The van der Waals surface area contributed by atoms with Crippen molar-refractivity contribution in [2.45, 2.75) is 51.1 Å². The molecule has 132 valence electrons. The number of fused-ring (bicyclic) bond motifs is 1. The smallest absolute Gasteiger partial charge is 0.223 e. The van der Waals surface area contributed by atoms with Crippen LogP contribution in [0.5, 0.6) is 0 Å². The molecule has 2 aromatic carbocycles. The van der Waals surface area contributed by atoms with Crippen LogP contribution in [0.1, 0.15) is 44.1 Å². The molecule has 2 aliphatic rings. The summed E-state index contributed by atoms with van der Waals surface area (Å²) < 4.78 is 0. The van der Waals surface area contributed by atoms with Crippen LogP contribution in [0.15, 0.2) is 42.5 Å². The second kappa shape index (κ2) is 7.57. The Morgan fingerprint density at radius 3 is 2.56 bits per heavy atom. The van der Waals surface area contributed by atoms with E-state index >= 15 is 0 Å². The van der Waals surface area contributed by atoms with Gasteiger partial charge in [0, 0.05) is 38.6 Å². The van der Waals surface area contributed by atoms with Crippen LogP contribution in [0.25, 0.3) is 10.8 Å². The van der Waals surface area contributed by atoms with Crippen molar-refractivity contribution in [1.82, 2.24) is 9.80 Å². The fourth-order valence-corrected chi connectivity index (χ4v) is 4.02. The van der Waals surface area contributed by atoms with Crippen LogP contribution in [0.2, 0.25) is 0 Å². The predicted molar refractivity (Wildman–Crippen MR) is 102 cm³/mol. The van der Waals surface area contributed by atoms with Gasteiger partial charge in [0.1, 0.15) is 0 Å². The van der Waals surface area contributed by atoms with Gasteiger partial charge in [0.25, 0.3) is 0 Å². The van der Waals surface area contributed by atoms with Crippen LogP contribution >= 0.6 is 0 Å². The molecule has 1 saturated carbocycles. The number of amides is 1. The molecule has 0 bridgehead atoms. The van der Waals surface area contributed by atoms with Crippen molar-refractivity contribution in [3.05, 3.63) is 48.0 Å². The summed E-state index contributed by atoms with van der Waals surface area (Å²) in [7, 11) is 0. The molecule has 0 spiro atoms. The molecule has 1 amide bonds. The van der Waals surface area contributed by atoms with Crippen molar-refractivity contribution < 1.29 is 4.79 Å². The molecule has 0 aromatic heterocycles. The average Bonchev–Trinajstić information content (AvgIpc) is 3.51. The summed E-state index contributed by atoms with van der Waals surface area (Å²) in [5.41, 5.74) is 1.38. The zero-order valence-corrected chi connectivity index (χ0v) is 15.0.